The topological polar surface area (TPSA) is 72.2 Å². The first-order valence-corrected chi connectivity index (χ1v) is 7.72. The van der Waals surface area contributed by atoms with Crippen LogP contribution in [-0.2, 0) is 0 Å². The summed E-state index contributed by atoms with van der Waals surface area (Å²) < 4.78 is 0. The van der Waals surface area contributed by atoms with Gasteiger partial charge in [-0.1, -0.05) is 28.8 Å². The van der Waals surface area contributed by atoms with E-state index in [-0.39, 0.29) is 17.1 Å². The van der Waals surface area contributed by atoms with Gasteiger partial charge in [-0.3, -0.25) is 14.9 Å². The smallest absolute Gasteiger partial charge is 0.270 e. The number of nitro benzene ring substituents is 1. The monoisotopic (exact) mass is 340 g/mol. The second kappa shape index (κ2) is 5.91. The molecule has 0 unspecified atom stereocenters. The Morgan fingerprint density at radius 3 is 2.60 bits per heavy atom. The zero-order valence-corrected chi connectivity index (χ0v) is 12.9. The highest BCUT2D eigenvalue weighted by molar-refractivity contribution is 9.09. The summed E-state index contributed by atoms with van der Waals surface area (Å²) in [6, 6.07) is 4.48. The number of rotatable bonds is 4. The molecule has 1 aromatic carbocycles. The molecule has 1 aliphatic carbocycles. The number of halogens is 1. The quantitative estimate of drug-likeness (QED) is 0.519. The van der Waals surface area contributed by atoms with Crippen LogP contribution >= 0.6 is 15.9 Å². The van der Waals surface area contributed by atoms with Crippen molar-refractivity contribution in [2.45, 2.75) is 38.1 Å². The van der Waals surface area contributed by atoms with Gasteiger partial charge in [-0.15, -0.1) is 0 Å². The second-order valence-corrected chi connectivity index (χ2v) is 5.95. The van der Waals surface area contributed by atoms with Crippen molar-refractivity contribution in [1.29, 1.82) is 0 Å². The number of hydrogen-bond acceptors (Lipinski definition) is 3. The Bertz CT molecular complexity index is 539. The van der Waals surface area contributed by atoms with Gasteiger partial charge in [0, 0.05) is 23.0 Å². The molecule has 2 rings (SSSR count). The number of hydrogen-bond donors (Lipinski definition) is 1. The van der Waals surface area contributed by atoms with Gasteiger partial charge >= 0.3 is 0 Å². The molecule has 1 fully saturated rings. The average molecular weight is 341 g/mol. The zero-order valence-electron chi connectivity index (χ0n) is 11.3. The van der Waals surface area contributed by atoms with Crippen LogP contribution in [0.1, 0.15) is 41.6 Å². The van der Waals surface area contributed by atoms with E-state index in [1.165, 1.54) is 12.1 Å². The van der Waals surface area contributed by atoms with Gasteiger partial charge in [0.05, 0.1) is 10.5 Å². The van der Waals surface area contributed by atoms with Gasteiger partial charge in [0.1, 0.15) is 0 Å². The SMILES string of the molecule is Cc1cc(C(=O)NC2(CBr)CCCC2)cc([N+](=O)[O-])c1. The van der Waals surface area contributed by atoms with Gasteiger partial charge in [0.2, 0.25) is 0 Å². The van der Waals surface area contributed by atoms with Crippen LogP contribution in [0.3, 0.4) is 0 Å². The van der Waals surface area contributed by atoms with E-state index in [4.69, 9.17) is 0 Å². The number of nitrogens with zero attached hydrogens (tertiary/aromatic N) is 1. The molecule has 1 N–H and O–H groups in total. The zero-order chi connectivity index (χ0) is 14.8. The first-order chi connectivity index (χ1) is 9.46. The van der Waals surface area contributed by atoms with Crippen LogP contribution in [0.5, 0.6) is 0 Å². The van der Waals surface area contributed by atoms with E-state index in [9.17, 15) is 14.9 Å². The Balaban J connectivity index is 2.22. The Morgan fingerprint density at radius 1 is 1.40 bits per heavy atom. The van der Waals surface area contributed by atoms with Crippen LogP contribution in [0.4, 0.5) is 5.69 Å². The number of carbonyl (C=O) groups excluding carboxylic acids is 1. The summed E-state index contributed by atoms with van der Waals surface area (Å²) in [4.78, 5) is 22.7. The number of benzene rings is 1. The molecule has 0 heterocycles. The maximum Gasteiger partial charge on any atom is 0.270 e. The van der Waals surface area contributed by atoms with E-state index >= 15 is 0 Å². The summed E-state index contributed by atoms with van der Waals surface area (Å²) in [5, 5.41) is 14.6. The lowest BCUT2D eigenvalue weighted by Crippen LogP contribution is -2.47. The fourth-order valence-corrected chi connectivity index (χ4v) is 3.36. The molecule has 1 saturated carbocycles. The van der Waals surface area contributed by atoms with Gasteiger partial charge < -0.3 is 5.32 Å². The summed E-state index contributed by atoms with van der Waals surface area (Å²) in [6.45, 7) is 1.75. The fraction of sp³-hybridized carbons (Fsp3) is 0.500. The van der Waals surface area contributed by atoms with Crippen molar-refractivity contribution in [1.82, 2.24) is 5.32 Å². The highest BCUT2D eigenvalue weighted by Gasteiger charge is 2.34. The third kappa shape index (κ3) is 3.17. The summed E-state index contributed by atoms with van der Waals surface area (Å²) in [6.07, 6.45) is 4.08. The van der Waals surface area contributed by atoms with Crippen LogP contribution in [0.2, 0.25) is 0 Å². The lowest BCUT2D eigenvalue weighted by atomic mass is 9.99. The lowest BCUT2D eigenvalue weighted by molar-refractivity contribution is -0.384. The van der Waals surface area contributed by atoms with E-state index in [0.29, 0.717) is 16.5 Å². The molecule has 5 nitrogen and oxygen atoms in total. The van der Waals surface area contributed by atoms with Gasteiger partial charge in [-0.05, 0) is 31.4 Å². The predicted molar refractivity (Wildman–Crippen MR) is 80.3 cm³/mol. The standard InChI is InChI=1S/C14H17BrN2O3/c1-10-6-11(8-12(7-10)17(19)20)13(18)16-14(9-15)4-2-3-5-14/h6-8H,2-5,9H2,1H3,(H,16,18). The molecular weight excluding hydrogens is 324 g/mol. The van der Waals surface area contributed by atoms with Gasteiger partial charge in [0.25, 0.3) is 11.6 Å². The van der Waals surface area contributed by atoms with Crippen molar-refractivity contribution in [3.8, 4) is 0 Å². The molecule has 0 atom stereocenters. The van der Waals surface area contributed by atoms with E-state index in [2.05, 4.69) is 21.2 Å². The largest absolute Gasteiger partial charge is 0.346 e. The molecular formula is C14H17BrN2O3. The number of alkyl halides is 1. The van der Waals surface area contributed by atoms with E-state index in [0.717, 1.165) is 25.7 Å². The van der Waals surface area contributed by atoms with E-state index in [1.807, 2.05) is 0 Å². The van der Waals surface area contributed by atoms with Crippen LogP contribution < -0.4 is 5.32 Å². The molecule has 0 aliphatic heterocycles. The van der Waals surface area contributed by atoms with Crippen molar-refractivity contribution in [3.63, 3.8) is 0 Å². The number of amides is 1. The second-order valence-electron chi connectivity index (χ2n) is 5.39. The van der Waals surface area contributed by atoms with Crippen LogP contribution in [-0.4, -0.2) is 21.7 Å². The normalized spacial score (nSPS) is 16.9. The fourth-order valence-electron chi connectivity index (χ4n) is 2.66. The average Bonchev–Trinajstić information content (AvgIpc) is 2.87. The first kappa shape index (κ1) is 15.0. The van der Waals surface area contributed by atoms with Gasteiger partial charge in [-0.2, -0.15) is 0 Å². The third-order valence-corrected chi connectivity index (χ3v) is 4.80. The Morgan fingerprint density at radius 2 is 2.05 bits per heavy atom. The van der Waals surface area contributed by atoms with Gasteiger partial charge in [-0.25, -0.2) is 0 Å². The van der Waals surface area contributed by atoms with E-state index < -0.39 is 4.92 Å². The minimum absolute atomic E-state index is 0.0468. The molecule has 1 aliphatic rings. The summed E-state index contributed by atoms with van der Waals surface area (Å²) in [7, 11) is 0. The Kier molecular flexibility index (Phi) is 4.42. The molecule has 0 bridgehead atoms. The third-order valence-electron chi connectivity index (χ3n) is 3.73. The van der Waals surface area contributed by atoms with Gasteiger partial charge in [0.15, 0.2) is 0 Å². The van der Waals surface area contributed by atoms with Crippen LogP contribution in [0, 0.1) is 17.0 Å². The number of non-ortho nitro benzene ring substituents is 1. The molecule has 108 valence electrons. The Hall–Kier alpha value is -1.43. The Labute approximate surface area is 126 Å². The first-order valence-electron chi connectivity index (χ1n) is 6.60. The minimum atomic E-state index is -0.473. The highest BCUT2D eigenvalue weighted by Crippen LogP contribution is 2.31. The molecule has 0 spiro atoms. The highest BCUT2D eigenvalue weighted by atomic mass is 79.9. The number of aryl methyl sites for hydroxylation is 1. The van der Waals surface area contributed by atoms with Crippen LogP contribution in [0.15, 0.2) is 18.2 Å². The van der Waals surface area contributed by atoms with Crippen molar-refractivity contribution in [2.75, 3.05) is 5.33 Å². The summed E-state index contributed by atoms with van der Waals surface area (Å²) in [5.74, 6) is -0.238. The minimum Gasteiger partial charge on any atom is -0.346 e. The maximum atomic E-state index is 12.3. The molecule has 6 heteroatoms. The van der Waals surface area contributed by atoms with Crippen molar-refractivity contribution in [3.05, 3.63) is 39.4 Å². The summed E-state index contributed by atoms with van der Waals surface area (Å²) in [5.41, 5.74) is 0.803. The number of nitrogens with one attached hydrogen (secondary N) is 1. The van der Waals surface area contributed by atoms with Crippen molar-refractivity contribution < 1.29 is 9.72 Å². The molecule has 0 radical (unpaired) electrons. The van der Waals surface area contributed by atoms with Crippen LogP contribution in [0.25, 0.3) is 0 Å². The lowest BCUT2D eigenvalue weighted by Gasteiger charge is -2.28. The predicted octanol–water partition coefficient (Wildman–Crippen LogP) is 3.34. The van der Waals surface area contributed by atoms with Crippen molar-refractivity contribution in [2.24, 2.45) is 0 Å². The number of carbonyl (C=O) groups is 1. The molecule has 1 aromatic rings. The van der Waals surface area contributed by atoms with E-state index in [1.54, 1.807) is 13.0 Å². The molecule has 0 saturated heterocycles. The maximum absolute atomic E-state index is 12.3. The van der Waals surface area contributed by atoms with Crippen molar-refractivity contribution >= 4 is 27.5 Å². The molecule has 0 aromatic heterocycles. The molecule has 20 heavy (non-hydrogen) atoms. The molecule has 1 amide bonds. The number of nitro groups is 1. The summed E-state index contributed by atoms with van der Waals surface area (Å²) >= 11 is 3.46.